The Morgan fingerprint density at radius 2 is 2.03 bits per heavy atom. The molecule has 2 aliphatic rings. The van der Waals surface area contributed by atoms with E-state index in [0.717, 1.165) is 18.9 Å². The van der Waals surface area contributed by atoms with Crippen molar-refractivity contribution in [2.75, 3.05) is 30.4 Å². The lowest BCUT2D eigenvalue weighted by Crippen LogP contribution is -2.36. The summed E-state index contributed by atoms with van der Waals surface area (Å²) in [6.07, 6.45) is 6.52. The summed E-state index contributed by atoms with van der Waals surface area (Å²) in [5, 5.41) is 12.6. The van der Waals surface area contributed by atoms with Crippen LogP contribution >= 0.6 is 0 Å². The van der Waals surface area contributed by atoms with Gasteiger partial charge in [0.25, 0.3) is 0 Å². The van der Waals surface area contributed by atoms with Gasteiger partial charge >= 0.3 is 5.97 Å². The minimum absolute atomic E-state index is 0.0282. The lowest BCUT2D eigenvalue weighted by molar-refractivity contribution is 0.0695. The molecule has 1 atom stereocenters. The van der Waals surface area contributed by atoms with E-state index in [9.17, 15) is 19.1 Å². The number of fused-ring (bicyclic) bond motifs is 4. The van der Waals surface area contributed by atoms with E-state index in [0.29, 0.717) is 64.5 Å². The second-order valence-corrected chi connectivity index (χ2v) is 9.95. The molecule has 1 aliphatic carbocycles. The zero-order chi connectivity index (χ0) is 27.6. The predicted molar refractivity (Wildman–Crippen MR) is 144 cm³/mol. The largest absolute Gasteiger partial charge is 0.477 e. The van der Waals surface area contributed by atoms with Crippen LogP contribution < -0.4 is 21.4 Å². The van der Waals surface area contributed by atoms with Crippen molar-refractivity contribution in [2.24, 2.45) is 12.8 Å². The van der Waals surface area contributed by atoms with Crippen molar-refractivity contribution in [2.45, 2.75) is 25.3 Å². The second-order valence-electron chi connectivity index (χ2n) is 9.95. The third-order valence-corrected chi connectivity index (χ3v) is 7.81. The maximum absolute atomic E-state index is 15.5. The number of carbonyl (C=O) groups is 1. The summed E-state index contributed by atoms with van der Waals surface area (Å²) in [7, 11) is 3.28. The van der Waals surface area contributed by atoms with E-state index < -0.39 is 23.0 Å². The quantitative estimate of drug-likeness (QED) is 0.314. The summed E-state index contributed by atoms with van der Waals surface area (Å²) in [6, 6.07) is 2.72. The molecule has 1 fully saturated rings. The van der Waals surface area contributed by atoms with Gasteiger partial charge in [0.15, 0.2) is 11.6 Å². The molecule has 4 aromatic rings. The van der Waals surface area contributed by atoms with E-state index in [1.165, 1.54) is 10.8 Å². The summed E-state index contributed by atoms with van der Waals surface area (Å²) in [5.41, 5.74) is 9.57. The molecule has 11 heteroatoms. The molecule has 0 amide bonds. The third-order valence-electron chi connectivity index (χ3n) is 7.81. The highest BCUT2D eigenvalue weighted by Crippen LogP contribution is 2.51. The standard InChI is InChI=1S/C28H26F2N6O3/c1-32-20-8-19(29)24(30)22-15(20)7-21-23(22)25(36-5-3-4-14(36)9-31)17(11-33-21)13-6-16-26(37)18(28(38)39)12-35(2)27(16)34-10-13/h6,8,10-12,14,32H,3-5,7,9,31H2,1-2H3,(H,38,39)/t14-/m0/s1. The van der Waals surface area contributed by atoms with Crippen molar-refractivity contribution < 1.29 is 18.7 Å². The molecule has 1 saturated heterocycles. The molecule has 0 radical (unpaired) electrons. The van der Waals surface area contributed by atoms with E-state index in [1.807, 2.05) is 0 Å². The minimum Gasteiger partial charge on any atom is -0.477 e. The lowest BCUT2D eigenvalue weighted by atomic mass is 9.96. The Hall–Kier alpha value is -4.38. The highest BCUT2D eigenvalue weighted by Gasteiger charge is 2.36. The van der Waals surface area contributed by atoms with Gasteiger partial charge in [0.05, 0.1) is 16.8 Å². The first-order valence-corrected chi connectivity index (χ1v) is 12.7. The Balaban J connectivity index is 1.68. The summed E-state index contributed by atoms with van der Waals surface area (Å²) in [5.74, 6) is -3.24. The Bertz CT molecular complexity index is 1750. The molecule has 39 heavy (non-hydrogen) atoms. The van der Waals surface area contributed by atoms with Crippen LogP contribution in [-0.2, 0) is 13.5 Å². The van der Waals surface area contributed by atoms with Crippen LogP contribution in [0.5, 0.6) is 0 Å². The first-order chi connectivity index (χ1) is 18.7. The van der Waals surface area contributed by atoms with Crippen LogP contribution in [-0.4, -0.2) is 51.8 Å². The SMILES string of the molecule is CNc1cc(F)c(F)c2c1Cc1ncc(-c3cnc4c(c3)c(=O)c(C(=O)O)cn4C)c(N3CCC[C@H]3CN)c1-2. The number of carboxylic acid groups (broad SMARTS) is 1. The average Bonchev–Trinajstić information content (AvgIpc) is 3.56. The predicted octanol–water partition coefficient (Wildman–Crippen LogP) is 3.51. The Kier molecular flexibility index (Phi) is 5.83. The number of aromatic nitrogens is 3. The van der Waals surface area contributed by atoms with Crippen LogP contribution in [0.25, 0.3) is 33.3 Å². The van der Waals surface area contributed by atoms with E-state index in [2.05, 4.69) is 20.2 Å². The minimum atomic E-state index is -1.33. The van der Waals surface area contributed by atoms with Gasteiger partial charge in [-0.2, -0.15) is 0 Å². The smallest absolute Gasteiger partial charge is 0.341 e. The molecule has 0 bridgehead atoms. The Morgan fingerprint density at radius 3 is 2.74 bits per heavy atom. The Labute approximate surface area is 221 Å². The number of nitrogens with one attached hydrogen (secondary N) is 1. The molecule has 0 unspecified atom stereocenters. The van der Waals surface area contributed by atoms with Gasteiger partial charge in [-0.05, 0) is 24.5 Å². The maximum Gasteiger partial charge on any atom is 0.341 e. The van der Waals surface area contributed by atoms with Crippen LogP contribution in [0.1, 0.15) is 34.5 Å². The van der Waals surface area contributed by atoms with Gasteiger partial charge in [-0.25, -0.2) is 18.6 Å². The van der Waals surface area contributed by atoms with Crippen LogP contribution in [0, 0.1) is 11.6 Å². The van der Waals surface area contributed by atoms with Crippen LogP contribution in [0.4, 0.5) is 20.2 Å². The summed E-state index contributed by atoms with van der Waals surface area (Å²) in [6.45, 7) is 1.03. The monoisotopic (exact) mass is 532 g/mol. The van der Waals surface area contributed by atoms with Crippen molar-refractivity contribution >= 4 is 28.4 Å². The number of carboxylic acids is 1. The number of nitrogens with zero attached hydrogens (tertiary/aromatic N) is 4. The maximum atomic E-state index is 15.5. The first kappa shape index (κ1) is 24.9. The molecular formula is C28H26F2N6O3. The Morgan fingerprint density at radius 1 is 1.23 bits per heavy atom. The lowest BCUT2D eigenvalue weighted by Gasteiger charge is -2.30. The first-order valence-electron chi connectivity index (χ1n) is 12.7. The molecule has 1 aliphatic heterocycles. The van der Waals surface area contributed by atoms with Crippen molar-refractivity contribution in [3.05, 3.63) is 69.4 Å². The fourth-order valence-electron chi connectivity index (χ4n) is 5.98. The normalized spacial score (nSPS) is 16.0. The number of halogens is 2. The highest BCUT2D eigenvalue weighted by molar-refractivity contribution is 5.98. The number of aromatic carboxylic acids is 1. The van der Waals surface area contributed by atoms with E-state index in [-0.39, 0.29) is 22.6 Å². The number of hydrogen-bond acceptors (Lipinski definition) is 7. The van der Waals surface area contributed by atoms with Crippen molar-refractivity contribution in [3.8, 4) is 22.3 Å². The van der Waals surface area contributed by atoms with E-state index >= 15 is 4.39 Å². The van der Waals surface area contributed by atoms with Gasteiger partial charge < -0.3 is 25.6 Å². The van der Waals surface area contributed by atoms with Gasteiger partial charge in [-0.3, -0.25) is 9.78 Å². The molecule has 9 nitrogen and oxygen atoms in total. The molecule has 0 spiro atoms. The summed E-state index contributed by atoms with van der Waals surface area (Å²) in [4.78, 5) is 36.0. The zero-order valence-electron chi connectivity index (χ0n) is 21.4. The summed E-state index contributed by atoms with van der Waals surface area (Å²) >= 11 is 0. The van der Waals surface area contributed by atoms with Crippen LogP contribution in [0.15, 0.2) is 35.5 Å². The van der Waals surface area contributed by atoms with Gasteiger partial charge in [0, 0.05) is 92.2 Å². The van der Waals surface area contributed by atoms with Gasteiger partial charge in [-0.15, -0.1) is 0 Å². The average molecular weight is 533 g/mol. The number of rotatable bonds is 5. The van der Waals surface area contributed by atoms with Crippen molar-refractivity contribution in [1.29, 1.82) is 0 Å². The van der Waals surface area contributed by atoms with Crippen LogP contribution in [0.3, 0.4) is 0 Å². The zero-order valence-corrected chi connectivity index (χ0v) is 21.4. The molecule has 3 aromatic heterocycles. The van der Waals surface area contributed by atoms with Crippen LogP contribution in [0.2, 0.25) is 0 Å². The second kappa shape index (κ2) is 9.12. The molecule has 4 N–H and O–H groups in total. The van der Waals surface area contributed by atoms with E-state index in [4.69, 9.17) is 5.73 Å². The van der Waals surface area contributed by atoms with E-state index in [1.54, 1.807) is 32.6 Å². The van der Waals surface area contributed by atoms with Gasteiger partial charge in [0.1, 0.15) is 11.2 Å². The number of nitrogens with two attached hydrogens (primary N) is 1. The number of hydrogen-bond donors (Lipinski definition) is 3. The fraction of sp³-hybridized carbons (Fsp3) is 0.286. The summed E-state index contributed by atoms with van der Waals surface area (Å²) < 4.78 is 31.8. The number of aryl methyl sites for hydroxylation is 1. The molecule has 0 saturated carbocycles. The number of benzene rings is 1. The van der Waals surface area contributed by atoms with Gasteiger partial charge in [0.2, 0.25) is 5.43 Å². The molecule has 6 rings (SSSR count). The molecular weight excluding hydrogens is 506 g/mol. The molecule has 4 heterocycles. The highest BCUT2D eigenvalue weighted by atomic mass is 19.2. The molecule has 200 valence electrons. The topological polar surface area (TPSA) is 126 Å². The van der Waals surface area contributed by atoms with Crippen molar-refractivity contribution in [3.63, 3.8) is 0 Å². The fourth-order valence-corrected chi connectivity index (χ4v) is 5.98. The molecule has 1 aromatic carbocycles. The van der Waals surface area contributed by atoms with Crippen molar-refractivity contribution in [1.82, 2.24) is 14.5 Å². The van der Waals surface area contributed by atoms with Gasteiger partial charge in [-0.1, -0.05) is 0 Å². The number of anilines is 2. The third kappa shape index (κ3) is 3.68. The number of pyridine rings is 3.